The summed E-state index contributed by atoms with van der Waals surface area (Å²) in [5.74, 6) is 0.273. The molecule has 0 spiro atoms. The molecule has 2 amide bonds. The van der Waals surface area contributed by atoms with Gasteiger partial charge in [0.1, 0.15) is 12.4 Å². The van der Waals surface area contributed by atoms with Crippen molar-refractivity contribution in [1.82, 2.24) is 5.43 Å². The van der Waals surface area contributed by atoms with Crippen LogP contribution in [0.2, 0.25) is 10.0 Å². The third-order valence-corrected chi connectivity index (χ3v) is 5.69. The van der Waals surface area contributed by atoms with Gasteiger partial charge in [0.05, 0.1) is 6.21 Å². The molecule has 0 unspecified atom stereocenters. The molecule has 0 aliphatic rings. The molecule has 3 aromatic carbocycles. The van der Waals surface area contributed by atoms with Crippen molar-refractivity contribution in [3.63, 3.8) is 0 Å². The summed E-state index contributed by atoms with van der Waals surface area (Å²) in [5.41, 5.74) is 4.81. The number of ether oxygens (including phenoxy) is 1. The zero-order chi connectivity index (χ0) is 24.3. The zero-order valence-electron chi connectivity index (χ0n) is 18.1. The summed E-state index contributed by atoms with van der Waals surface area (Å²) in [5, 5.41) is 7.88. The number of hydrogen-bond donors (Lipinski definition) is 2. The number of nitrogens with zero attached hydrogens (tertiary/aromatic N) is 1. The molecule has 3 rings (SSSR count). The lowest BCUT2D eigenvalue weighted by Gasteiger charge is -2.08. The highest BCUT2D eigenvalue weighted by Crippen LogP contribution is 2.23. The fourth-order valence-electron chi connectivity index (χ4n) is 2.88. The van der Waals surface area contributed by atoms with Gasteiger partial charge >= 0.3 is 0 Å². The van der Waals surface area contributed by atoms with Crippen LogP contribution in [0.25, 0.3) is 0 Å². The summed E-state index contributed by atoms with van der Waals surface area (Å²) in [6.45, 7) is 0.320. The molecule has 9 heteroatoms. The Morgan fingerprint density at radius 2 is 1.74 bits per heavy atom. The van der Waals surface area contributed by atoms with Crippen LogP contribution in [0.3, 0.4) is 0 Å². The molecule has 2 N–H and O–H groups in total. The van der Waals surface area contributed by atoms with Gasteiger partial charge in [-0.2, -0.15) is 5.10 Å². The van der Waals surface area contributed by atoms with Crippen molar-refractivity contribution in [3.8, 4) is 5.75 Å². The van der Waals surface area contributed by atoms with Gasteiger partial charge in [0.2, 0.25) is 11.8 Å². The van der Waals surface area contributed by atoms with Gasteiger partial charge in [-0.1, -0.05) is 51.3 Å². The van der Waals surface area contributed by atoms with Crippen LogP contribution < -0.4 is 15.5 Å². The standard InChI is InChI=1S/C25H22BrCl2N3O3/c26-19-3-1-4-21(13-19)30-24(32)5-2-6-25(33)31-29-15-17-7-11-22(12-8-17)34-16-18-9-10-20(27)14-23(18)28/h1,3-4,7-15H,2,5-6,16H2,(H,30,32)(H,31,33)/b29-15-. The fourth-order valence-corrected chi connectivity index (χ4v) is 3.75. The smallest absolute Gasteiger partial charge is 0.240 e. The average Bonchev–Trinajstić information content (AvgIpc) is 2.79. The second-order valence-corrected chi connectivity index (χ2v) is 9.06. The first-order valence-corrected chi connectivity index (χ1v) is 12.0. The van der Waals surface area contributed by atoms with Crippen LogP contribution >= 0.6 is 39.1 Å². The molecule has 176 valence electrons. The van der Waals surface area contributed by atoms with E-state index in [9.17, 15) is 9.59 Å². The van der Waals surface area contributed by atoms with E-state index >= 15 is 0 Å². The molecule has 0 fully saturated rings. The van der Waals surface area contributed by atoms with Crippen molar-refractivity contribution < 1.29 is 14.3 Å². The van der Waals surface area contributed by atoms with Gasteiger partial charge in [-0.25, -0.2) is 5.43 Å². The van der Waals surface area contributed by atoms with Gasteiger partial charge in [-0.05, 0) is 66.6 Å². The normalized spacial score (nSPS) is 10.8. The van der Waals surface area contributed by atoms with Crippen molar-refractivity contribution in [1.29, 1.82) is 0 Å². The molecule has 0 heterocycles. The summed E-state index contributed by atoms with van der Waals surface area (Å²) in [4.78, 5) is 23.9. The number of carbonyl (C=O) groups excluding carboxylic acids is 2. The van der Waals surface area contributed by atoms with Crippen LogP contribution in [-0.2, 0) is 16.2 Å². The van der Waals surface area contributed by atoms with E-state index in [-0.39, 0.29) is 24.7 Å². The molecule has 6 nitrogen and oxygen atoms in total. The van der Waals surface area contributed by atoms with Gasteiger partial charge in [0.15, 0.2) is 0 Å². The first-order chi connectivity index (χ1) is 16.4. The minimum Gasteiger partial charge on any atom is -0.489 e. The van der Waals surface area contributed by atoms with E-state index < -0.39 is 0 Å². The highest BCUT2D eigenvalue weighted by molar-refractivity contribution is 9.10. The summed E-state index contributed by atoms with van der Waals surface area (Å²) >= 11 is 15.4. The number of nitrogens with one attached hydrogen (secondary N) is 2. The minimum atomic E-state index is -0.258. The van der Waals surface area contributed by atoms with Crippen LogP contribution in [0.4, 0.5) is 5.69 Å². The lowest BCUT2D eigenvalue weighted by atomic mass is 10.2. The Hall–Kier alpha value is -2.87. The molecular formula is C25H22BrCl2N3O3. The number of hydrazone groups is 1. The molecule has 34 heavy (non-hydrogen) atoms. The predicted octanol–water partition coefficient (Wildman–Crippen LogP) is 6.59. The summed E-state index contributed by atoms with van der Waals surface area (Å²) in [6.07, 6.45) is 2.40. The van der Waals surface area contributed by atoms with Crippen LogP contribution in [0.5, 0.6) is 5.75 Å². The molecule has 0 saturated carbocycles. The van der Waals surface area contributed by atoms with E-state index in [1.807, 2.05) is 36.4 Å². The average molecular weight is 563 g/mol. The number of carbonyl (C=O) groups is 2. The molecular weight excluding hydrogens is 541 g/mol. The largest absolute Gasteiger partial charge is 0.489 e. The van der Waals surface area contributed by atoms with Gasteiger partial charge in [-0.15, -0.1) is 0 Å². The first-order valence-electron chi connectivity index (χ1n) is 10.4. The summed E-state index contributed by atoms with van der Waals surface area (Å²) < 4.78 is 6.62. The second kappa shape index (κ2) is 13.1. The van der Waals surface area contributed by atoms with Crippen molar-refractivity contribution in [2.24, 2.45) is 5.10 Å². The SMILES string of the molecule is O=C(CCCC(=O)Nc1cccc(Br)c1)N/N=C\c1ccc(OCc2ccc(Cl)cc2Cl)cc1. The van der Waals surface area contributed by atoms with Gasteiger partial charge in [0, 0.05) is 38.6 Å². The summed E-state index contributed by atoms with van der Waals surface area (Å²) in [6, 6.07) is 19.8. The molecule has 0 aliphatic carbocycles. The monoisotopic (exact) mass is 561 g/mol. The van der Waals surface area contributed by atoms with Gasteiger partial charge in [0.25, 0.3) is 0 Å². The number of amides is 2. The number of halogens is 3. The molecule has 0 radical (unpaired) electrons. The van der Waals surface area contributed by atoms with E-state index in [1.165, 1.54) is 6.21 Å². The third-order valence-electron chi connectivity index (χ3n) is 4.61. The predicted molar refractivity (Wildman–Crippen MR) is 140 cm³/mol. The highest BCUT2D eigenvalue weighted by atomic mass is 79.9. The fraction of sp³-hybridized carbons (Fsp3) is 0.160. The Morgan fingerprint density at radius 3 is 2.47 bits per heavy atom. The van der Waals surface area contributed by atoms with Crippen LogP contribution in [-0.4, -0.2) is 18.0 Å². The maximum absolute atomic E-state index is 12.0. The van der Waals surface area contributed by atoms with Crippen LogP contribution in [0.15, 0.2) is 76.3 Å². The zero-order valence-corrected chi connectivity index (χ0v) is 21.2. The van der Waals surface area contributed by atoms with E-state index in [0.717, 1.165) is 15.6 Å². The first kappa shape index (κ1) is 25.7. The molecule has 0 aliphatic heterocycles. The number of anilines is 1. The second-order valence-electron chi connectivity index (χ2n) is 7.30. The maximum atomic E-state index is 12.0. The molecule has 0 saturated heterocycles. The van der Waals surface area contributed by atoms with Gasteiger partial charge in [-0.3, -0.25) is 9.59 Å². The van der Waals surface area contributed by atoms with Gasteiger partial charge < -0.3 is 10.1 Å². The van der Waals surface area contributed by atoms with Crippen molar-refractivity contribution in [3.05, 3.63) is 92.4 Å². The Balaban J connectivity index is 1.35. The Labute approximate surface area is 216 Å². The van der Waals surface area contributed by atoms with E-state index in [4.69, 9.17) is 27.9 Å². The number of hydrogen-bond acceptors (Lipinski definition) is 4. The Morgan fingerprint density at radius 1 is 0.971 bits per heavy atom. The van der Waals surface area contributed by atoms with Crippen LogP contribution in [0, 0.1) is 0 Å². The number of benzene rings is 3. The van der Waals surface area contributed by atoms with E-state index in [0.29, 0.717) is 34.5 Å². The summed E-state index contributed by atoms with van der Waals surface area (Å²) in [7, 11) is 0. The Kier molecular flexibility index (Phi) is 9.94. The van der Waals surface area contributed by atoms with Crippen molar-refractivity contribution in [2.75, 3.05) is 5.32 Å². The maximum Gasteiger partial charge on any atom is 0.240 e. The lowest BCUT2D eigenvalue weighted by Crippen LogP contribution is -2.18. The third kappa shape index (κ3) is 8.82. The van der Waals surface area contributed by atoms with Crippen molar-refractivity contribution >= 4 is 62.8 Å². The minimum absolute atomic E-state index is 0.143. The Bertz CT molecular complexity index is 1170. The van der Waals surface area contributed by atoms with Crippen LogP contribution in [0.1, 0.15) is 30.4 Å². The molecule has 0 atom stereocenters. The quantitative estimate of drug-likeness (QED) is 0.216. The molecule has 3 aromatic rings. The highest BCUT2D eigenvalue weighted by Gasteiger charge is 2.06. The molecule has 0 aromatic heterocycles. The van der Waals surface area contributed by atoms with E-state index in [2.05, 4.69) is 31.8 Å². The number of rotatable bonds is 10. The van der Waals surface area contributed by atoms with E-state index in [1.54, 1.807) is 30.3 Å². The topological polar surface area (TPSA) is 79.8 Å². The van der Waals surface area contributed by atoms with Crippen molar-refractivity contribution in [2.45, 2.75) is 25.9 Å². The lowest BCUT2D eigenvalue weighted by molar-refractivity contribution is -0.121. The molecule has 0 bridgehead atoms.